The third-order valence-electron chi connectivity index (χ3n) is 8.26. The van der Waals surface area contributed by atoms with E-state index in [1.54, 1.807) is 0 Å². The molecular weight excluding hydrogens is 538 g/mol. The Hall–Kier alpha value is -0.910. The molecule has 0 aliphatic carbocycles. The van der Waals surface area contributed by atoms with Gasteiger partial charge in [0.15, 0.2) is 0 Å². The molecule has 0 radical (unpaired) electrons. The minimum Gasteiger partial charge on any atom is -0.748 e. The number of allylic oxidation sites excluding steroid dienone is 3. The Kier molecular flexibility index (Phi) is 29.5. The van der Waals surface area contributed by atoms with Gasteiger partial charge in [0.25, 0.3) is 0 Å². The van der Waals surface area contributed by atoms with Crippen LogP contribution < -0.4 is 0 Å². The molecule has 0 aromatic rings. The summed E-state index contributed by atoms with van der Waals surface area (Å²) in [6.07, 6.45) is 46.0. The standard InChI is InChI=1S/C37H71NO3S/c1-4-7-10-13-16-19-22-25-28-33-38(36-31-32-37-42(39,40)41,34-29-26-23-20-17-14-11-8-5-2)35-30-27-24-21-18-15-12-9-6-3/h28-30,33-35H,4-27,31-32,36-37H2,1-3H3/b33-28+,34-29+,35-30+. The van der Waals surface area contributed by atoms with Crippen molar-refractivity contribution >= 4 is 10.1 Å². The van der Waals surface area contributed by atoms with E-state index in [0.717, 1.165) is 25.8 Å². The lowest BCUT2D eigenvalue weighted by atomic mass is 10.1. The van der Waals surface area contributed by atoms with Gasteiger partial charge in [0.1, 0.15) is 18.6 Å². The Labute approximate surface area is 263 Å². The highest BCUT2D eigenvalue weighted by Crippen LogP contribution is 2.19. The molecule has 0 fully saturated rings. The van der Waals surface area contributed by atoms with Crippen molar-refractivity contribution in [2.45, 2.75) is 188 Å². The molecular formula is C37H71NO3S. The number of unbranched alkanes of at least 4 members (excludes halogenated alkanes) is 22. The minimum atomic E-state index is -4.16. The van der Waals surface area contributed by atoms with E-state index in [0.29, 0.717) is 17.3 Å². The van der Waals surface area contributed by atoms with Gasteiger partial charge in [0, 0.05) is 5.75 Å². The summed E-state index contributed by atoms with van der Waals surface area (Å²) >= 11 is 0. The maximum absolute atomic E-state index is 11.2. The van der Waals surface area contributed by atoms with Gasteiger partial charge >= 0.3 is 0 Å². The molecule has 0 saturated carbocycles. The molecule has 42 heavy (non-hydrogen) atoms. The quantitative estimate of drug-likeness (QED) is 0.0433. The molecule has 0 atom stereocenters. The topological polar surface area (TPSA) is 57.2 Å². The van der Waals surface area contributed by atoms with Crippen molar-refractivity contribution in [2.75, 3.05) is 12.3 Å². The molecule has 0 aliphatic rings. The molecule has 0 N–H and O–H groups in total. The third-order valence-corrected chi connectivity index (χ3v) is 9.05. The number of hydrogen-bond acceptors (Lipinski definition) is 3. The molecule has 0 heterocycles. The first-order valence-electron chi connectivity index (χ1n) is 18.2. The van der Waals surface area contributed by atoms with E-state index in [-0.39, 0.29) is 5.75 Å². The maximum Gasteiger partial charge on any atom is 0.101 e. The van der Waals surface area contributed by atoms with Gasteiger partial charge in [-0.2, -0.15) is 0 Å². The van der Waals surface area contributed by atoms with Crippen LogP contribution in [0.15, 0.2) is 36.8 Å². The summed E-state index contributed by atoms with van der Waals surface area (Å²) in [5.41, 5.74) is 0. The zero-order valence-corrected chi connectivity index (χ0v) is 29.2. The fourth-order valence-corrected chi connectivity index (χ4v) is 6.07. The van der Waals surface area contributed by atoms with Crippen molar-refractivity contribution in [3.63, 3.8) is 0 Å². The Morgan fingerprint density at radius 1 is 0.452 bits per heavy atom. The van der Waals surface area contributed by atoms with E-state index in [2.05, 4.69) is 57.6 Å². The predicted molar refractivity (Wildman–Crippen MR) is 184 cm³/mol. The Morgan fingerprint density at radius 2 is 0.762 bits per heavy atom. The molecule has 0 aromatic carbocycles. The van der Waals surface area contributed by atoms with Crippen LogP contribution >= 0.6 is 0 Å². The lowest BCUT2D eigenvalue weighted by Gasteiger charge is -2.27. The van der Waals surface area contributed by atoms with Crippen molar-refractivity contribution in [1.82, 2.24) is 0 Å². The van der Waals surface area contributed by atoms with E-state index >= 15 is 0 Å². The number of quaternary nitrogens is 1. The summed E-state index contributed by atoms with van der Waals surface area (Å²) in [6.45, 7) is 7.59. The molecule has 0 spiro atoms. The summed E-state index contributed by atoms with van der Waals surface area (Å²) in [6, 6.07) is 0. The third kappa shape index (κ3) is 29.2. The smallest absolute Gasteiger partial charge is 0.101 e. The zero-order chi connectivity index (χ0) is 31.0. The van der Waals surface area contributed by atoms with Crippen LogP contribution in [0.5, 0.6) is 0 Å². The van der Waals surface area contributed by atoms with Gasteiger partial charge < -0.3 is 4.55 Å². The largest absolute Gasteiger partial charge is 0.748 e. The second kappa shape index (κ2) is 30.1. The highest BCUT2D eigenvalue weighted by atomic mass is 32.2. The highest BCUT2D eigenvalue weighted by Gasteiger charge is 2.18. The van der Waals surface area contributed by atoms with Crippen LogP contribution in [0.25, 0.3) is 0 Å². The Balaban J connectivity index is 5.21. The van der Waals surface area contributed by atoms with E-state index in [1.165, 1.54) is 135 Å². The zero-order valence-electron chi connectivity index (χ0n) is 28.3. The molecule has 0 rings (SSSR count). The predicted octanol–water partition coefficient (Wildman–Crippen LogP) is 12.1. The lowest BCUT2D eigenvalue weighted by Crippen LogP contribution is -2.32. The lowest BCUT2D eigenvalue weighted by molar-refractivity contribution is -0.774. The first-order valence-corrected chi connectivity index (χ1v) is 19.8. The molecule has 0 saturated heterocycles. The summed E-state index contributed by atoms with van der Waals surface area (Å²) < 4.78 is 34.3. The fraction of sp³-hybridized carbons (Fsp3) is 0.838. The monoisotopic (exact) mass is 610 g/mol. The van der Waals surface area contributed by atoms with Crippen LogP contribution in [0.1, 0.15) is 188 Å². The van der Waals surface area contributed by atoms with E-state index in [4.69, 9.17) is 0 Å². The molecule has 0 bridgehead atoms. The second-order valence-electron chi connectivity index (χ2n) is 12.6. The van der Waals surface area contributed by atoms with Crippen molar-refractivity contribution in [3.05, 3.63) is 36.8 Å². The molecule has 4 nitrogen and oxygen atoms in total. The molecule has 248 valence electrons. The van der Waals surface area contributed by atoms with E-state index < -0.39 is 10.1 Å². The number of nitrogens with zero attached hydrogens (tertiary/aromatic N) is 1. The van der Waals surface area contributed by atoms with Gasteiger partial charge in [0.2, 0.25) is 0 Å². The average Bonchev–Trinajstić information content (AvgIpc) is 2.96. The average molecular weight is 610 g/mol. The summed E-state index contributed by atoms with van der Waals surface area (Å²) in [4.78, 5) is 0. The van der Waals surface area contributed by atoms with Crippen LogP contribution in [0.4, 0.5) is 0 Å². The molecule has 5 heteroatoms. The molecule has 0 aliphatic heterocycles. The van der Waals surface area contributed by atoms with Gasteiger partial charge in [-0.1, -0.05) is 136 Å². The van der Waals surface area contributed by atoms with Gasteiger partial charge in [-0.3, -0.25) is 0 Å². The fourth-order valence-electron chi connectivity index (χ4n) is 5.51. The van der Waals surface area contributed by atoms with Gasteiger partial charge in [0.05, 0.1) is 16.7 Å². The SMILES string of the molecule is CCCCCCCCC/C=C/[N+](/C=C/CCCCCCCCC)(/C=C/CCCCCCCCC)CCCCS(=O)(=O)[O-]. The number of rotatable bonds is 32. The van der Waals surface area contributed by atoms with Crippen LogP contribution in [-0.2, 0) is 10.1 Å². The van der Waals surface area contributed by atoms with Crippen LogP contribution in [0, 0.1) is 0 Å². The number of hydrogen-bond donors (Lipinski definition) is 0. The summed E-state index contributed by atoms with van der Waals surface area (Å²) in [5, 5.41) is 0. The highest BCUT2D eigenvalue weighted by molar-refractivity contribution is 7.85. The van der Waals surface area contributed by atoms with E-state index in [9.17, 15) is 13.0 Å². The summed E-state index contributed by atoms with van der Waals surface area (Å²) in [7, 11) is -4.16. The van der Waals surface area contributed by atoms with Gasteiger partial charge in [-0.25, -0.2) is 12.9 Å². The molecule has 0 unspecified atom stereocenters. The van der Waals surface area contributed by atoms with Crippen LogP contribution in [0.2, 0.25) is 0 Å². The van der Waals surface area contributed by atoms with Crippen molar-refractivity contribution in [3.8, 4) is 0 Å². The van der Waals surface area contributed by atoms with Gasteiger partial charge in [-0.15, -0.1) is 0 Å². The van der Waals surface area contributed by atoms with Crippen LogP contribution in [0.3, 0.4) is 0 Å². The maximum atomic E-state index is 11.2. The van der Waals surface area contributed by atoms with Crippen LogP contribution in [-0.4, -0.2) is 29.8 Å². The molecule has 0 aromatic heterocycles. The van der Waals surface area contributed by atoms with Crippen molar-refractivity contribution in [1.29, 1.82) is 0 Å². The first kappa shape index (κ1) is 41.1. The van der Waals surface area contributed by atoms with Gasteiger partial charge in [-0.05, 0) is 69.6 Å². The minimum absolute atomic E-state index is 0.266. The van der Waals surface area contributed by atoms with Crippen molar-refractivity contribution in [2.24, 2.45) is 0 Å². The molecule has 0 amide bonds. The Morgan fingerprint density at radius 3 is 1.07 bits per heavy atom. The Bertz CT molecular complexity index is 688. The first-order chi connectivity index (χ1) is 20.4. The normalized spacial score (nSPS) is 13.0. The van der Waals surface area contributed by atoms with E-state index in [1.807, 2.05) is 0 Å². The van der Waals surface area contributed by atoms with Crippen molar-refractivity contribution < 1.29 is 17.5 Å². The summed E-state index contributed by atoms with van der Waals surface area (Å²) in [5.74, 6) is -0.266. The second-order valence-corrected chi connectivity index (χ2v) is 14.1.